The standard InChI is InChI=1S/C20H24N2O3/c1-20(2,3)15-6-4-5-7-16(15)21-13-19(23)22-14-8-9-17-18(12-14)25-11-10-24-17/h4-9,12,21H,10-11,13H2,1-3H3,(H,22,23). The predicted molar refractivity (Wildman–Crippen MR) is 99.7 cm³/mol. The maximum absolute atomic E-state index is 12.3. The van der Waals surface area contributed by atoms with Crippen molar-refractivity contribution >= 4 is 17.3 Å². The van der Waals surface area contributed by atoms with E-state index in [0.29, 0.717) is 30.4 Å². The highest BCUT2D eigenvalue weighted by Gasteiger charge is 2.18. The van der Waals surface area contributed by atoms with Crippen LogP contribution in [0.15, 0.2) is 42.5 Å². The molecule has 3 rings (SSSR count). The first kappa shape index (κ1) is 17.1. The molecule has 0 unspecified atom stereocenters. The van der Waals surface area contributed by atoms with Crippen molar-refractivity contribution < 1.29 is 14.3 Å². The van der Waals surface area contributed by atoms with Gasteiger partial charge in [-0.1, -0.05) is 39.0 Å². The molecule has 0 radical (unpaired) electrons. The van der Waals surface area contributed by atoms with Crippen LogP contribution >= 0.6 is 0 Å². The number of carbonyl (C=O) groups is 1. The van der Waals surface area contributed by atoms with Gasteiger partial charge in [-0.2, -0.15) is 0 Å². The molecule has 0 aromatic heterocycles. The van der Waals surface area contributed by atoms with E-state index in [4.69, 9.17) is 9.47 Å². The van der Waals surface area contributed by atoms with Crippen LogP contribution < -0.4 is 20.1 Å². The van der Waals surface area contributed by atoms with Gasteiger partial charge in [-0.25, -0.2) is 0 Å². The highest BCUT2D eigenvalue weighted by atomic mass is 16.6. The third-order valence-corrected chi connectivity index (χ3v) is 4.00. The number of ether oxygens (including phenoxy) is 2. The maximum atomic E-state index is 12.3. The Hall–Kier alpha value is -2.69. The van der Waals surface area contributed by atoms with Gasteiger partial charge >= 0.3 is 0 Å². The molecule has 1 aliphatic heterocycles. The number of carbonyl (C=O) groups excluding carboxylic acids is 1. The zero-order valence-corrected chi connectivity index (χ0v) is 14.9. The van der Waals surface area contributed by atoms with Crippen molar-refractivity contribution in [2.75, 3.05) is 30.4 Å². The highest BCUT2D eigenvalue weighted by Crippen LogP contribution is 2.32. The van der Waals surface area contributed by atoms with Crippen LogP contribution in [0.2, 0.25) is 0 Å². The number of rotatable bonds is 4. The summed E-state index contributed by atoms with van der Waals surface area (Å²) in [6, 6.07) is 13.5. The average molecular weight is 340 g/mol. The zero-order valence-electron chi connectivity index (χ0n) is 14.9. The SMILES string of the molecule is CC(C)(C)c1ccccc1NCC(=O)Nc1ccc2c(c1)OCCO2. The summed E-state index contributed by atoms with van der Waals surface area (Å²) in [7, 11) is 0. The zero-order chi connectivity index (χ0) is 17.9. The van der Waals surface area contributed by atoms with Gasteiger partial charge in [0.1, 0.15) is 13.2 Å². The summed E-state index contributed by atoms with van der Waals surface area (Å²) in [5.74, 6) is 1.26. The summed E-state index contributed by atoms with van der Waals surface area (Å²) in [6.45, 7) is 7.74. The van der Waals surface area contributed by atoms with E-state index in [1.807, 2.05) is 30.3 Å². The second kappa shape index (κ2) is 7.05. The third kappa shape index (κ3) is 4.24. The van der Waals surface area contributed by atoms with Crippen molar-refractivity contribution in [3.05, 3.63) is 48.0 Å². The first-order valence-corrected chi connectivity index (χ1v) is 8.46. The Balaban J connectivity index is 1.62. The largest absolute Gasteiger partial charge is 0.486 e. The van der Waals surface area contributed by atoms with E-state index in [1.54, 1.807) is 6.07 Å². The van der Waals surface area contributed by atoms with Crippen LogP contribution in [-0.4, -0.2) is 25.7 Å². The number of hydrogen-bond acceptors (Lipinski definition) is 4. The lowest BCUT2D eigenvalue weighted by Crippen LogP contribution is -2.24. The molecule has 5 heteroatoms. The van der Waals surface area contributed by atoms with Gasteiger partial charge in [0.05, 0.1) is 6.54 Å². The Labute approximate surface area is 148 Å². The molecule has 25 heavy (non-hydrogen) atoms. The molecule has 1 aliphatic rings. The van der Waals surface area contributed by atoms with E-state index in [0.717, 1.165) is 5.69 Å². The van der Waals surface area contributed by atoms with E-state index < -0.39 is 0 Å². The van der Waals surface area contributed by atoms with Crippen LogP contribution in [0, 0.1) is 0 Å². The van der Waals surface area contributed by atoms with E-state index >= 15 is 0 Å². The fraction of sp³-hybridized carbons (Fsp3) is 0.350. The van der Waals surface area contributed by atoms with Gasteiger partial charge in [-0.3, -0.25) is 4.79 Å². The van der Waals surface area contributed by atoms with E-state index in [2.05, 4.69) is 37.5 Å². The van der Waals surface area contributed by atoms with Crippen molar-refractivity contribution in [2.24, 2.45) is 0 Å². The molecule has 0 saturated carbocycles. The van der Waals surface area contributed by atoms with E-state index in [-0.39, 0.29) is 17.9 Å². The van der Waals surface area contributed by atoms with E-state index in [9.17, 15) is 4.79 Å². The molecule has 2 N–H and O–H groups in total. The number of fused-ring (bicyclic) bond motifs is 1. The average Bonchev–Trinajstić information content (AvgIpc) is 2.59. The van der Waals surface area contributed by atoms with Gasteiger partial charge in [0.15, 0.2) is 11.5 Å². The number of para-hydroxylation sites is 1. The summed E-state index contributed by atoms with van der Waals surface area (Å²) < 4.78 is 11.0. The molecule has 0 bridgehead atoms. The summed E-state index contributed by atoms with van der Waals surface area (Å²) >= 11 is 0. The monoisotopic (exact) mass is 340 g/mol. The second-order valence-electron chi connectivity index (χ2n) is 7.06. The van der Waals surface area contributed by atoms with Crippen molar-refractivity contribution in [3.63, 3.8) is 0 Å². The highest BCUT2D eigenvalue weighted by molar-refractivity contribution is 5.94. The van der Waals surface area contributed by atoms with Crippen LogP contribution in [-0.2, 0) is 10.2 Å². The fourth-order valence-corrected chi connectivity index (χ4v) is 2.79. The minimum atomic E-state index is -0.111. The van der Waals surface area contributed by atoms with Crippen LogP contribution in [0.1, 0.15) is 26.3 Å². The molecule has 0 saturated heterocycles. The molecule has 1 amide bonds. The molecule has 2 aromatic carbocycles. The van der Waals surface area contributed by atoms with Gasteiger partial charge in [0, 0.05) is 17.4 Å². The molecule has 0 spiro atoms. The van der Waals surface area contributed by atoms with Crippen LogP contribution in [0.3, 0.4) is 0 Å². The number of anilines is 2. The van der Waals surface area contributed by atoms with Crippen molar-refractivity contribution in [1.82, 2.24) is 0 Å². The molecule has 0 aliphatic carbocycles. The number of amides is 1. The number of nitrogens with one attached hydrogen (secondary N) is 2. The van der Waals surface area contributed by atoms with E-state index in [1.165, 1.54) is 5.56 Å². The maximum Gasteiger partial charge on any atom is 0.243 e. The van der Waals surface area contributed by atoms with Gasteiger partial charge in [-0.15, -0.1) is 0 Å². The molecule has 2 aromatic rings. The fourth-order valence-electron chi connectivity index (χ4n) is 2.79. The quantitative estimate of drug-likeness (QED) is 0.889. The third-order valence-electron chi connectivity index (χ3n) is 4.00. The van der Waals surface area contributed by atoms with Crippen molar-refractivity contribution in [2.45, 2.75) is 26.2 Å². The number of benzene rings is 2. The second-order valence-corrected chi connectivity index (χ2v) is 7.06. The van der Waals surface area contributed by atoms with Crippen LogP contribution in [0.4, 0.5) is 11.4 Å². The molecule has 1 heterocycles. The molecule has 0 atom stereocenters. The van der Waals surface area contributed by atoms with Gasteiger partial charge in [0.2, 0.25) is 5.91 Å². The molecule has 5 nitrogen and oxygen atoms in total. The number of hydrogen-bond donors (Lipinski definition) is 2. The molecule has 132 valence electrons. The Kier molecular flexibility index (Phi) is 4.83. The molecular formula is C20H24N2O3. The summed E-state index contributed by atoms with van der Waals surface area (Å²) in [5, 5.41) is 6.12. The predicted octanol–water partition coefficient (Wildman–Crippen LogP) is 3.81. The first-order chi connectivity index (χ1) is 11.9. The van der Waals surface area contributed by atoms with Gasteiger partial charge < -0.3 is 20.1 Å². The van der Waals surface area contributed by atoms with Crippen LogP contribution in [0.5, 0.6) is 11.5 Å². The minimum absolute atomic E-state index is 0.00982. The van der Waals surface area contributed by atoms with Crippen molar-refractivity contribution in [3.8, 4) is 11.5 Å². The summed E-state index contributed by atoms with van der Waals surface area (Å²) in [6.07, 6.45) is 0. The lowest BCUT2D eigenvalue weighted by molar-refractivity contribution is -0.114. The first-order valence-electron chi connectivity index (χ1n) is 8.46. The summed E-state index contributed by atoms with van der Waals surface area (Å²) in [4.78, 5) is 12.3. The normalized spacial score (nSPS) is 13.2. The Morgan fingerprint density at radius 3 is 2.52 bits per heavy atom. The Morgan fingerprint density at radius 1 is 1.04 bits per heavy atom. The lowest BCUT2D eigenvalue weighted by atomic mass is 9.86. The molecular weight excluding hydrogens is 316 g/mol. The Bertz CT molecular complexity index is 766. The van der Waals surface area contributed by atoms with Gasteiger partial charge in [0.25, 0.3) is 0 Å². The summed E-state index contributed by atoms with van der Waals surface area (Å²) in [5.41, 5.74) is 2.87. The Morgan fingerprint density at radius 2 is 1.76 bits per heavy atom. The molecule has 0 fully saturated rings. The lowest BCUT2D eigenvalue weighted by Gasteiger charge is -2.23. The minimum Gasteiger partial charge on any atom is -0.486 e. The topological polar surface area (TPSA) is 59.6 Å². The van der Waals surface area contributed by atoms with Gasteiger partial charge in [-0.05, 0) is 29.2 Å². The van der Waals surface area contributed by atoms with Crippen LogP contribution in [0.25, 0.3) is 0 Å². The smallest absolute Gasteiger partial charge is 0.243 e. The van der Waals surface area contributed by atoms with Crippen molar-refractivity contribution in [1.29, 1.82) is 0 Å².